The molecule has 3 nitrogen and oxygen atoms in total. The molecular formula is C23H36NO2+. The standard InChI is InChI=1S/C23H36NO2/c1-19-11-13-23(14-12-19)17-25-21(26-18-23)22(2,3)16-24(4,5)15-20-9-7-6-8-10-20/h6-11,21H,12-18H2,1-5H3/q+1. The van der Waals surface area contributed by atoms with Gasteiger partial charge in [0.2, 0.25) is 0 Å². The Morgan fingerprint density at radius 3 is 2.35 bits per heavy atom. The molecule has 1 saturated heterocycles. The van der Waals surface area contributed by atoms with Gasteiger partial charge in [0.25, 0.3) is 0 Å². The van der Waals surface area contributed by atoms with Crippen molar-refractivity contribution in [1.29, 1.82) is 0 Å². The predicted octanol–water partition coefficient (Wildman–Crippen LogP) is 4.78. The fourth-order valence-corrected chi connectivity index (χ4v) is 4.68. The first-order chi connectivity index (χ1) is 12.2. The number of hydrogen-bond donors (Lipinski definition) is 0. The van der Waals surface area contributed by atoms with E-state index in [0.717, 1.165) is 37.2 Å². The average molecular weight is 359 g/mol. The molecule has 144 valence electrons. The Bertz CT molecular complexity index is 625. The lowest BCUT2D eigenvalue weighted by atomic mass is 9.75. The van der Waals surface area contributed by atoms with E-state index in [2.05, 4.69) is 71.3 Å². The maximum Gasteiger partial charge on any atom is 0.168 e. The van der Waals surface area contributed by atoms with Crippen molar-refractivity contribution in [2.45, 2.75) is 52.9 Å². The van der Waals surface area contributed by atoms with Crippen LogP contribution in [0.2, 0.25) is 0 Å². The summed E-state index contributed by atoms with van der Waals surface area (Å²) in [6.07, 6.45) is 5.73. The van der Waals surface area contributed by atoms with Crippen molar-refractivity contribution in [3.05, 3.63) is 47.5 Å². The monoisotopic (exact) mass is 358 g/mol. The minimum Gasteiger partial charge on any atom is -0.351 e. The van der Waals surface area contributed by atoms with Gasteiger partial charge >= 0.3 is 0 Å². The molecule has 1 aromatic rings. The maximum absolute atomic E-state index is 6.31. The molecule has 0 atom stereocenters. The molecule has 0 aromatic heterocycles. The lowest BCUT2D eigenvalue weighted by Crippen LogP contribution is -2.54. The van der Waals surface area contributed by atoms with Crippen LogP contribution in [-0.4, -0.2) is 44.6 Å². The van der Waals surface area contributed by atoms with E-state index in [9.17, 15) is 0 Å². The van der Waals surface area contributed by atoms with Crippen molar-refractivity contribution in [1.82, 2.24) is 0 Å². The summed E-state index contributed by atoms with van der Waals surface area (Å²) in [7, 11) is 4.60. The molecule has 1 aromatic carbocycles. The van der Waals surface area contributed by atoms with Crippen LogP contribution >= 0.6 is 0 Å². The van der Waals surface area contributed by atoms with E-state index in [1.54, 1.807) is 0 Å². The molecule has 1 aliphatic heterocycles. The van der Waals surface area contributed by atoms with Crippen LogP contribution in [0.25, 0.3) is 0 Å². The highest BCUT2D eigenvalue weighted by Gasteiger charge is 2.44. The van der Waals surface area contributed by atoms with Gasteiger partial charge in [-0.25, -0.2) is 0 Å². The molecule has 3 rings (SSSR count). The SMILES string of the molecule is CC1=CCC2(CC1)COC(C(C)(C)C[N+](C)(C)Cc1ccccc1)OC2. The van der Waals surface area contributed by atoms with Crippen molar-refractivity contribution >= 4 is 0 Å². The zero-order valence-corrected chi connectivity index (χ0v) is 17.3. The molecule has 0 unspecified atom stereocenters. The highest BCUT2D eigenvalue weighted by molar-refractivity contribution is 5.13. The molecule has 3 heteroatoms. The molecule has 1 spiro atoms. The highest BCUT2D eigenvalue weighted by atomic mass is 16.7. The first-order valence-corrected chi connectivity index (χ1v) is 9.95. The van der Waals surface area contributed by atoms with E-state index in [1.165, 1.54) is 24.0 Å². The molecule has 2 aliphatic rings. The number of benzene rings is 1. The Kier molecular flexibility index (Phi) is 5.62. The molecule has 0 radical (unpaired) electrons. The van der Waals surface area contributed by atoms with Crippen LogP contribution in [0.5, 0.6) is 0 Å². The summed E-state index contributed by atoms with van der Waals surface area (Å²) < 4.78 is 13.5. The van der Waals surface area contributed by atoms with Crippen molar-refractivity contribution in [2.24, 2.45) is 10.8 Å². The number of nitrogens with zero attached hydrogens (tertiary/aromatic N) is 1. The van der Waals surface area contributed by atoms with Crippen molar-refractivity contribution in [2.75, 3.05) is 33.9 Å². The Morgan fingerprint density at radius 1 is 1.12 bits per heavy atom. The van der Waals surface area contributed by atoms with E-state index in [0.29, 0.717) is 0 Å². The Hall–Kier alpha value is -1.16. The van der Waals surface area contributed by atoms with E-state index in [-0.39, 0.29) is 17.1 Å². The summed E-state index contributed by atoms with van der Waals surface area (Å²) in [6.45, 7) is 10.5. The summed E-state index contributed by atoms with van der Waals surface area (Å²) >= 11 is 0. The van der Waals surface area contributed by atoms with E-state index in [4.69, 9.17) is 9.47 Å². The zero-order valence-electron chi connectivity index (χ0n) is 17.3. The normalized spacial score (nSPS) is 27.4. The second-order valence-electron chi connectivity index (χ2n) is 9.93. The number of ether oxygens (including phenoxy) is 2. The average Bonchev–Trinajstić information content (AvgIpc) is 2.58. The van der Waals surface area contributed by atoms with Gasteiger partial charge < -0.3 is 14.0 Å². The van der Waals surface area contributed by atoms with Gasteiger partial charge in [-0.2, -0.15) is 0 Å². The highest BCUT2D eigenvalue weighted by Crippen LogP contribution is 2.42. The van der Waals surface area contributed by atoms with Crippen LogP contribution in [0.4, 0.5) is 0 Å². The molecule has 0 saturated carbocycles. The molecular weight excluding hydrogens is 322 g/mol. The first-order valence-electron chi connectivity index (χ1n) is 9.95. The van der Waals surface area contributed by atoms with E-state index >= 15 is 0 Å². The van der Waals surface area contributed by atoms with Gasteiger partial charge in [-0.1, -0.05) is 42.0 Å². The number of allylic oxidation sites excluding steroid dienone is 2. The van der Waals surface area contributed by atoms with Crippen LogP contribution in [-0.2, 0) is 16.0 Å². The fraction of sp³-hybridized carbons (Fsp3) is 0.652. The fourth-order valence-electron chi connectivity index (χ4n) is 4.68. The van der Waals surface area contributed by atoms with Gasteiger partial charge in [0.1, 0.15) is 6.54 Å². The Morgan fingerprint density at radius 2 is 1.77 bits per heavy atom. The minimum absolute atomic E-state index is 0.0275. The van der Waals surface area contributed by atoms with Crippen LogP contribution in [0.1, 0.15) is 45.6 Å². The largest absolute Gasteiger partial charge is 0.351 e. The molecule has 26 heavy (non-hydrogen) atoms. The van der Waals surface area contributed by atoms with Gasteiger partial charge in [-0.15, -0.1) is 0 Å². The first kappa shape index (κ1) is 19.6. The van der Waals surface area contributed by atoms with Crippen molar-refractivity contribution < 1.29 is 14.0 Å². The summed E-state index contributed by atoms with van der Waals surface area (Å²) in [5.74, 6) is 0. The van der Waals surface area contributed by atoms with Crippen molar-refractivity contribution in [3.63, 3.8) is 0 Å². The topological polar surface area (TPSA) is 18.5 Å². The molecule has 0 bridgehead atoms. The van der Waals surface area contributed by atoms with Gasteiger partial charge in [0.15, 0.2) is 6.29 Å². The third-order valence-corrected chi connectivity index (χ3v) is 5.94. The summed E-state index contributed by atoms with van der Waals surface area (Å²) in [4.78, 5) is 0. The predicted molar refractivity (Wildman–Crippen MR) is 107 cm³/mol. The van der Waals surface area contributed by atoms with Crippen molar-refractivity contribution in [3.8, 4) is 0 Å². The molecule has 1 aliphatic carbocycles. The summed E-state index contributed by atoms with van der Waals surface area (Å²) in [6, 6.07) is 10.7. The Balaban J connectivity index is 1.58. The third kappa shape index (κ3) is 4.76. The second kappa shape index (κ2) is 7.46. The quantitative estimate of drug-likeness (QED) is 0.557. The minimum atomic E-state index is -0.117. The lowest BCUT2D eigenvalue weighted by Gasteiger charge is -2.47. The van der Waals surface area contributed by atoms with E-state index < -0.39 is 0 Å². The maximum atomic E-state index is 6.31. The summed E-state index contributed by atoms with van der Waals surface area (Å²) in [5, 5.41) is 0. The number of quaternary nitrogens is 1. The smallest absolute Gasteiger partial charge is 0.168 e. The molecule has 0 N–H and O–H groups in total. The van der Waals surface area contributed by atoms with Crippen LogP contribution in [0.3, 0.4) is 0 Å². The summed E-state index contributed by atoms with van der Waals surface area (Å²) in [5.41, 5.74) is 3.07. The lowest BCUT2D eigenvalue weighted by molar-refractivity contribution is -0.910. The molecule has 0 amide bonds. The van der Waals surface area contributed by atoms with E-state index in [1.807, 2.05) is 0 Å². The zero-order chi connectivity index (χ0) is 18.8. The second-order valence-corrected chi connectivity index (χ2v) is 9.93. The van der Waals surface area contributed by atoms with Crippen LogP contribution in [0.15, 0.2) is 42.0 Å². The number of hydrogen-bond acceptors (Lipinski definition) is 2. The van der Waals surface area contributed by atoms with Crippen LogP contribution < -0.4 is 0 Å². The third-order valence-electron chi connectivity index (χ3n) is 5.94. The van der Waals surface area contributed by atoms with Crippen LogP contribution in [0, 0.1) is 10.8 Å². The van der Waals surface area contributed by atoms with Gasteiger partial charge in [0.05, 0.1) is 39.3 Å². The van der Waals surface area contributed by atoms with Gasteiger partial charge in [-0.05, 0) is 40.0 Å². The number of rotatable bonds is 5. The molecule has 1 fully saturated rings. The van der Waals surface area contributed by atoms with Gasteiger partial charge in [-0.3, -0.25) is 0 Å². The molecule has 1 heterocycles. The Labute approximate surface area is 159 Å². The van der Waals surface area contributed by atoms with Gasteiger partial charge in [0, 0.05) is 11.0 Å².